The highest BCUT2D eigenvalue weighted by Gasteiger charge is 2.47. The van der Waals surface area contributed by atoms with Crippen LogP contribution in [0.3, 0.4) is 0 Å². The Balaban J connectivity index is 1.48. The highest BCUT2D eigenvalue weighted by Crippen LogP contribution is 2.45. The maximum Gasteiger partial charge on any atom is 0.252 e. The van der Waals surface area contributed by atoms with Crippen molar-refractivity contribution >= 4 is 34.2 Å². The molecule has 172 valence electrons. The Morgan fingerprint density at radius 1 is 1.21 bits per heavy atom. The number of piperidine rings is 1. The Kier molecular flexibility index (Phi) is 5.25. The minimum atomic E-state index is -2.69. The number of aliphatic hydroxyl groups excluding tert-OH is 1. The largest absolute Gasteiger partial charge is 0.383 e. The van der Waals surface area contributed by atoms with Crippen molar-refractivity contribution in [3.8, 4) is 0 Å². The van der Waals surface area contributed by atoms with Gasteiger partial charge in [0.1, 0.15) is 18.2 Å². The number of nitrogens with zero attached hydrogens (tertiary/aromatic N) is 2. The molecule has 5 rings (SSSR count). The summed E-state index contributed by atoms with van der Waals surface area (Å²) in [6, 6.07) is 5.26. The van der Waals surface area contributed by atoms with Crippen LogP contribution in [0.25, 0.3) is 10.9 Å². The third-order valence-corrected chi connectivity index (χ3v) is 6.93. The predicted molar refractivity (Wildman–Crippen MR) is 122 cm³/mol. The molecule has 6 nitrogen and oxygen atoms in total. The number of alkyl halides is 2. The fourth-order valence-electron chi connectivity index (χ4n) is 4.96. The molecule has 1 aliphatic heterocycles. The second-order valence-corrected chi connectivity index (χ2v) is 9.51. The van der Waals surface area contributed by atoms with Crippen molar-refractivity contribution < 1.29 is 18.7 Å². The number of hydrogen-bond donors (Lipinski definition) is 3. The van der Waals surface area contributed by atoms with E-state index in [4.69, 9.17) is 11.6 Å². The van der Waals surface area contributed by atoms with Crippen LogP contribution in [-0.2, 0) is 4.79 Å². The second kappa shape index (κ2) is 7.88. The van der Waals surface area contributed by atoms with Gasteiger partial charge in [-0.3, -0.25) is 4.79 Å². The maximum absolute atomic E-state index is 13.7. The first kappa shape index (κ1) is 22.0. The lowest BCUT2D eigenvalue weighted by Gasteiger charge is -2.44. The van der Waals surface area contributed by atoms with E-state index in [0.29, 0.717) is 50.6 Å². The number of anilines is 1. The van der Waals surface area contributed by atoms with E-state index in [1.165, 1.54) is 6.33 Å². The summed E-state index contributed by atoms with van der Waals surface area (Å²) in [5.74, 6) is -2.51. The van der Waals surface area contributed by atoms with E-state index in [1.807, 2.05) is 0 Å². The normalized spacial score (nSPS) is 24.0. The molecule has 2 aromatic rings. The highest BCUT2D eigenvalue weighted by atomic mass is 35.5. The van der Waals surface area contributed by atoms with Crippen molar-refractivity contribution in [2.24, 2.45) is 0 Å². The Hall–Kier alpha value is -2.84. The van der Waals surface area contributed by atoms with Gasteiger partial charge >= 0.3 is 0 Å². The summed E-state index contributed by atoms with van der Waals surface area (Å²) in [5.41, 5.74) is 2.26. The van der Waals surface area contributed by atoms with Crippen molar-refractivity contribution in [3.05, 3.63) is 64.1 Å². The zero-order valence-corrected chi connectivity index (χ0v) is 18.7. The Labute approximate surface area is 194 Å². The van der Waals surface area contributed by atoms with Crippen molar-refractivity contribution in [3.63, 3.8) is 0 Å². The first-order valence-electron chi connectivity index (χ1n) is 10.8. The second-order valence-electron chi connectivity index (χ2n) is 9.07. The standard InChI is InChI=1S/C24H23ClF2N4O2/c1-13-8-18(30-21-16-10-15(25)2-3-17(16)28-12-29-21)19(32)9-14-11-23(31-22(33)20(13)14)4-6-24(26,27)7-5-23/h2-3,8-10,12,19,32H,4-7,11H2,1H3,(H,31,33)(H,28,29,30). The zero-order valence-electron chi connectivity index (χ0n) is 18.0. The Morgan fingerprint density at radius 2 is 1.97 bits per heavy atom. The Bertz CT molecular complexity index is 1240. The number of carbonyl (C=O) groups is 1. The first-order chi connectivity index (χ1) is 15.6. The minimum Gasteiger partial charge on any atom is -0.383 e. The van der Waals surface area contributed by atoms with Gasteiger partial charge < -0.3 is 15.7 Å². The number of nitrogens with one attached hydrogen (secondary N) is 2. The van der Waals surface area contributed by atoms with Crippen LogP contribution in [0.15, 0.2) is 59.1 Å². The van der Waals surface area contributed by atoms with Crippen LogP contribution in [0.1, 0.15) is 39.0 Å². The predicted octanol–water partition coefficient (Wildman–Crippen LogP) is 4.66. The van der Waals surface area contributed by atoms with E-state index in [1.54, 1.807) is 37.3 Å². The molecular weight excluding hydrogens is 450 g/mol. The highest BCUT2D eigenvalue weighted by molar-refractivity contribution is 6.31. The van der Waals surface area contributed by atoms with Gasteiger partial charge in [0.2, 0.25) is 5.92 Å². The SMILES string of the molecule is CC1=C2C(=O)NC3(CCC(F)(F)CC3)CC2=CC(O)C(Nc2ncnc3ccc(Cl)cc23)=C1. The smallest absolute Gasteiger partial charge is 0.252 e. The number of rotatable bonds is 2. The third kappa shape index (κ3) is 4.13. The van der Waals surface area contributed by atoms with Gasteiger partial charge in [-0.25, -0.2) is 18.7 Å². The van der Waals surface area contributed by atoms with Gasteiger partial charge in [0.25, 0.3) is 5.91 Å². The van der Waals surface area contributed by atoms with E-state index < -0.39 is 17.6 Å². The molecule has 3 aliphatic rings. The molecule has 1 spiro atoms. The molecule has 33 heavy (non-hydrogen) atoms. The number of carbonyl (C=O) groups excluding carboxylic acids is 1. The summed E-state index contributed by atoms with van der Waals surface area (Å²) in [4.78, 5) is 21.6. The van der Waals surface area contributed by atoms with Crippen LogP contribution >= 0.6 is 11.6 Å². The van der Waals surface area contributed by atoms with E-state index >= 15 is 0 Å². The quantitative estimate of drug-likeness (QED) is 0.591. The van der Waals surface area contributed by atoms with Gasteiger partial charge in [-0.15, -0.1) is 0 Å². The molecule has 1 amide bonds. The summed E-state index contributed by atoms with van der Waals surface area (Å²) >= 11 is 6.14. The minimum absolute atomic E-state index is 0.206. The molecule has 1 aromatic heterocycles. The van der Waals surface area contributed by atoms with E-state index in [2.05, 4.69) is 20.6 Å². The van der Waals surface area contributed by atoms with Gasteiger partial charge in [-0.05, 0) is 67.7 Å². The molecule has 1 atom stereocenters. The number of hydrogen-bond acceptors (Lipinski definition) is 5. The monoisotopic (exact) mass is 472 g/mol. The van der Waals surface area contributed by atoms with Gasteiger partial charge in [-0.2, -0.15) is 0 Å². The molecule has 0 radical (unpaired) electrons. The molecule has 1 aromatic carbocycles. The lowest BCUT2D eigenvalue weighted by atomic mass is 9.72. The molecule has 2 aliphatic carbocycles. The van der Waals surface area contributed by atoms with E-state index in [-0.39, 0.29) is 31.6 Å². The molecule has 1 saturated carbocycles. The summed E-state index contributed by atoms with van der Waals surface area (Å²) in [5, 5.41) is 18.4. The fourth-order valence-corrected chi connectivity index (χ4v) is 5.14. The van der Waals surface area contributed by atoms with E-state index in [0.717, 1.165) is 0 Å². The van der Waals surface area contributed by atoms with Crippen molar-refractivity contribution in [2.75, 3.05) is 5.32 Å². The number of allylic oxidation sites excluding steroid dienone is 2. The van der Waals surface area contributed by atoms with Crippen molar-refractivity contribution in [2.45, 2.75) is 56.6 Å². The summed E-state index contributed by atoms with van der Waals surface area (Å²) in [6.45, 7) is 1.80. The molecule has 1 unspecified atom stereocenters. The number of aliphatic hydroxyl groups is 1. The van der Waals surface area contributed by atoms with E-state index in [9.17, 15) is 18.7 Å². The van der Waals surface area contributed by atoms with Crippen LogP contribution in [0.5, 0.6) is 0 Å². The number of amides is 1. The molecular formula is C24H23ClF2N4O2. The summed E-state index contributed by atoms with van der Waals surface area (Å²) < 4.78 is 27.5. The maximum atomic E-state index is 13.7. The van der Waals surface area contributed by atoms with Crippen LogP contribution in [0, 0.1) is 0 Å². The molecule has 2 fully saturated rings. The van der Waals surface area contributed by atoms with Crippen LogP contribution < -0.4 is 10.6 Å². The number of halogens is 3. The number of benzene rings is 1. The van der Waals surface area contributed by atoms with Gasteiger partial charge in [0, 0.05) is 40.1 Å². The average Bonchev–Trinajstić information content (AvgIpc) is 2.87. The lowest BCUT2D eigenvalue weighted by Crippen LogP contribution is -2.56. The first-order valence-corrected chi connectivity index (χ1v) is 11.2. The van der Waals surface area contributed by atoms with Gasteiger partial charge in [0.15, 0.2) is 0 Å². The topological polar surface area (TPSA) is 87.1 Å². The Morgan fingerprint density at radius 3 is 2.73 bits per heavy atom. The van der Waals surface area contributed by atoms with Gasteiger partial charge in [-0.1, -0.05) is 11.6 Å². The molecule has 1 saturated heterocycles. The molecule has 9 heteroatoms. The van der Waals surface area contributed by atoms with Crippen molar-refractivity contribution in [1.29, 1.82) is 0 Å². The summed E-state index contributed by atoms with van der Waals surface area (Å²) in [7, 11) is 0. The molecule has 0 bridgehead atoms. The summed E-state index contributed by atoms with van der Waals surface area (Å²) in [6.07, 6.45) is 4.04. The number of fused-ring (bicyclic) bond motifs is 2. The fraction of sp³-hybridized carbons (Fsp3) is 0.375. The number of aromatic nitrogens is 2. The van der Waals surface area contributed by atoms with Gasteiger partial charge in [0.05, 0.1) is 5.52 Å². The third-order valence-electron chi connectivity index (χ3n) is 6.70. The zero-order chi connectivity index (χ0) is 23.4. The average molecular weight is 473 g/mol. The van der Waals surface area contributed by atoms with Crippen LogP contribution in [0.4, 0.5) is 14.6 Å². The van der Waals surface area contributed by atoms with Crippen LogP contribution in [-0.4, -0.2) is 38.5 Å². The lowest BCUT2D eigenvalue weighted by molar-refractivity contribution is -0.122. The van der Waals surface area contributed by atoms with Crippen LogP contribution in [0.2, 0.25) is 5.02 Å². The molecule has 2 heterocycles. The van der Waals surface area contributed by atoms with Crippen molar-refractivity contribution in [1.82, 2.24) is 15.3 Å². The molecule has 3 N–H and O–H groups in total.